The second kappa shape index (κ2) is 10.9. The van der Waals surface area contributed by atoms with E-state index < -0.39 is 5.82 Å². The van der Waals surface area contributed by atoms with Crippen LogP contribution in [0.1, 0.15) is 89.2 Å². The quantitative estimate of drug-likeness (QED) is 0.189. The van der Waals surface area contributed by atoms with Crippen molar-refractivity contribution in [3.05, 3.63) is 41.2 Å². The van der Waals surface area contributed by atoms with Crippen molar-refractivity contribution in [2.75, 3.05) is 0 Å². The van der Waals surface area contributed by atoms with E-state index in [1.54, 1.807) is 12.1 Å². The molecule has 0 heterocycles. The van der Waals surface area contributed by atoms with Crippen LogP contribution in [0.5, 0.6) is 5.75 Å². The van der Waals surface area contributed by atoms with Crippen LogP contribution in [-0.4, -0.2) is 5.97 Å². The van der Waals surface area contributed by atoms with Gasteiger partial charge in [-0.25, -0.2) is 4.39 Å². The maximum absolute atomic E-state index is 14.1. The van der Waals surface area contributed by atoms with Gasteiger partial charge in [0.25, 0.3) is 0 Å². The number of hydrogen-bond acceptors (Lipinski definition) is 2. The van der Waals surface area contributed by atoms with Crippen molar-refractivity contribution in [2.45, 2.75) is 78.1 Å². The van der Waals surface area contributed by atoms with E-state index in [-0.39, 0.29) is 17.5 Å². The summed E-state index contributed by atoms with van der Waals surface area (Å²) in [5, 5.41) is 1.52. The third-order valence-electron chi connectivity index (χ3n) is 5.05. The first kappa shape index (κ1) is 22.0. The molecular formula is C25H31FO2. The van der Waals surface area contributed by atoms with Gasteiger partial charge in [-0.2, -0.15) is 0 Å². The Labute approximate surface area is 168 Å². The van der Waals surface area contributed by atoms with Crippen molar-refractivity contribution in [2.24, 2.45) is 0 Å². The van der Waals surface area contributed by atoms with Crippen LogP contribution in [0.3, 0.4) is 0 Å². The Morgan fingerprint density at radius 3 is 2.43 bits per heavy atom. The van der Waals surface area contributed by atoms with Gasteiger partial charge in [0, 0.05) is 11.8 Å². The minimum absolute atomic E-state index is 0.123. The van der Waals surface area contributed by atoms with E-state index in [0.717, 1.165) is 29.2 Å². The highest BCUT2D eigenvalue weighted by Gasteiger charge is 2.15. The third kappa shape index (κ3) is 5.83. The predicted molar refractivity (Wildman–Crippen MR) is 114 cm³/mol. The Bertz CT molecular complexity index is 846. The summed E-state index contributed by atoms with van der Waals surface area (Å²) in [6.07, 6.45) is 14.1. The minimum atomic E-state index is -0.402. The van der Waals surface area contributed by atoms with Crippen molar-refractivity contribution in [1.82, 2.24) is 0 Å². The van der Waals surface area contributed by atoms with Crippen molar-refractivity contribution >= 4 is 16.7 Å². The summed E-state index contributed by atoms with van der Waals surface area (Å²) in [5.41, 5.74) is 1.16. The van der Waals surface area contributed by atoms with Crippen LogP contribution in [0.2, 0.25) is 0 Å². The second-order valence-corrected chi connectivity index (χ2v) is 7.68. The number of esters is 1. The zero-order valence-corrected chi connectivity index (χ0v) is 17.3. The molecule has 3 heteroatoms. The van der Waals surface area contributed by atoms with Crippen LogP contribution < -0.4 is 4.74 Å². The molecule has 0 fully saturated rings. The van der Waals surface area contributed by atoms with E-state index in [9.17, 15) is 9.18 Å². The number of halogens is 1. The summed E-state index contributed by atoms with van der Waals surface area (Å²) in [6.45, 7) is 6.24. The number of carbonyl (C=O) groups is 1. The zero-order chi connectivity index (χ0) is 20.5. The number of fused-ring (bicyclic) bond motifs is 1. The fourth-order valence-electron chi connectivity index (χ4n) is 3.51. The van der Waals surface area contributed by atoms with Crippen LogP contribution in [-0.2, 0) is 4.79 Å². The highest BCUT2D eigenvalue weighted by Crippen LogP contribution is 2.34. The zero-order valence-electron chi connectivity index (χ0n) is 17.3. The summed E-state index contributed by atoms with van der Waals surface area (Å²) in [5.74, 6) is 2.46. The minimum Gasteiger partial charge on any atom is -0.426 e. The highest BCUT2D eigenvalue weighted by atomic mass is 19.1. The molecule has 28 heavy (non-hydrogen) atoms. The van der Waals surface area contributed by atoms with Crippen LogP contribution in [0.4, 0.5) is 4.39 Å². The molecule has 0 aliphatic heterocycles. The number of hydrogen-bond donors (Lipinski definition) is 0. The smallest absolute Gasteiger partial charge is 0.311 e. The number of benzene rings is 2. The van der Waals surface area contributed by atoms with Gasteiger partial charge in [0.2, 0.25) is 0 Å². The summed E-state index contributed by atoms with van der Waals surface area (Å²) in [6, 6.07) is 6.64. The van der Waals surface area contributed by atoms with Gasteiger partial charge >= 0.3 is 5.97 Å². The Hall–Kier alpha value is -2.34. The maximum Gasteiger partial charge on any atom is 0.311 e. The van der Waals surface area contributed by atoms with E-state index in [0.29, 0.717) is 12.2 Å². The molecule has 0 spiro atoms. The largest absolute Gasteiger partial charge is 0.426 e. The number of terminal acetylenes is 1. The summed E-state index contributed by atoms with van der Waals surface area (Å²) in [4.78, 5) is 12.2. The predicted octanol–water partition coefficient (Wildman–Crippen LogP) is 7.13. The number of unbranched alkanes of at least 4 members (excludes halogenated alkanes) is 6. The number of rotatable bonds is 10. The van der Waals surface area contributed by atoms with E-state index >= 15 is 0 Å². The lowest BCUT2D eigenvalue weighted by Gasteiger charge is -2.15. The molecule has 0 radical (unpaired) electrons. The number of carbonyl (C=O) groups excluding carboxylic acids is 1. The second-order valence-electron chi connectivity index (χ2n) is 7.68. The highest BCUT2D eigenvalue weighted by molar-refractivity contribution is 5.93. The molecule has 0 aliphatic carbocycles. The molecule has 0 amide bonds. The molecule has 2 aromatic rings. The summed E-state index contributed by atoms with van der Waals surface area (Å²) in [7, 11) is 0. The van der Waals surface area contributed by atoms with Gasteiger partial charge in [-0.05, 0) is 41.5 Å². The van der Waals surface area contributed by atoms with Crippen molar-refractivity contribution in [1.29, 1.82) is 0 Å². The first-order valence-corrected chi connectivity index (χ1v) is 10.4. The normalized spacial score (nSPS) is 11.0. The molecule has 2 nitrogen and oxygen atoms in total. The number of ether oxygens (including phenoxy) is 1. The Morgan fingerprint density at radius 2 is 1.79 bits per heavy atom. The molecule has 2 aromatic carbocycles. The average Bonchev–Trinajstić information content (AvgIpc) is 2.66. The summed E-state index contributed by atoms with van der Waals surface area (Å²) >= 11 is 0. The van der Waals surface area contributed by atoms with Crippen molar-refractivity contribution in [3.63, 3.8) is 0 Å². The molecular weight excluding hydrogens is 351 g/mol. The van der Waals surface area contributed by atoms with E-state index in [4.69, 9.17) is 11.2 Å². The molecule has 0 atom stereocenters. The maximum atomic E-state index is 14.1. The fourth-order valence-corrected chi connectivity index (χ4v) is 3.51. The average molecular weight is 383 g/mol. The molecule has 0 saturated heterocycles. The first-order chi connectivity index (χ1) is 13.5. The van der Waals surface area contributed by atoms with Gasteiger partial charge in [-0.15, -0.1) is 6.42 Å². The Balaban J connectivity index is 2.06. The van der Waals surface area contributed by atoms with Gasteiger partial charge in [0.15, 0.2) is 0 Å². The molecule has 2 rings (SSSR count). The molecule has 150 valence electrons. The monoisotopic (exact) mass is 382 g/mol. The lowest BCUT2D eigenvalue weighted by Crippen LogP contribution is -2.08. The van der Waals surface area contributed by atoms with Crippen LogP contribution in [0.15, 0.2) is 24.3 Å². The van der Waals surface area contributed by atoms with Gasteiger partial charge in [-0.3, -0.25) is 4.79 Å². The van der Waals surface area contributed by atoms with Gasteiger partial charge in [-0.1, -0.05) is 71.3 Å². The van der Waals surface area contributed by atoms with E-state index in [2.05, 4.69) is 12.8 Å². The Morgan fingerprint density at radius 1 is 1.11 bits per heavy atom. The van der Waals surface area contributed by atoms with Crippen LogP contribution in [0, 0.1) is 18.2 Å². The standard InChI is InChI=1S/C25H31FO2/c1-5-7-8-9-10-11-12-13-24(27)28-20-16-19-14-15-23(26)21(6-2)25(19)22(17-20)18(3)4/h2,14-18H,5,7-13H2,1,3-4H3. The van der Waals surface area contributed by atoms with E-state index in [1.165, 1.54) is 38.2 Å². The third-order valence-corrected chi connectivity index (χ3v) is 5.05. The lowest BCUT2D eigenvalue weighted by molar-refractivity contribution is -0.134. The molecule has 0 aromatic heterocycles. The van der Waals surface area contributed by atoms with Gasteiger partial charge in [0.05, 0.1) is 5.56 Å². The molecule has 0 aliphatic rings. The lowest BCUT2D eigenvalue weighted by atomic mass is 9.92. The molecule has 0 bridgehead atoms. The first-order valence-electron chi connectivity index (χ1n) is 10.4. The SMILES string of the molecule is C#Cc1c(F)ccc2cc(OC(=O)CCCCCCCCC)cc(C(C)C)c12. The Kier molecular flexibility index (Phi) is 8.51. The van der Waals surface area contributed by atoms with Crippen molar-refractivity contribution in [3.8, 4) is 18.1 Å². The van der Waals surface area contributed by atoms with Crippen LogP contribution in [0.25, 0.3) is 10.8 Å². The molecule has 0 unspecified atom stereocenters. The molecule has 0 N–H and O–H groups in total. The van der Waals surface area contributed by atoms with E-state index in [1.807, 2.05) is 19.9 Å². The molecule has 0 saturated carbocycles. The topological polar surface area (TPSA) is 26.3 Å². The van der Waals surface area contributed by atoms with Crippen LogP contribution >= 0.6 is 0 Å². The fraction of sp³-hybridized carbons (Fsp3) is 0.480. The van der Waals surface area contributed by atoms with Gasteiger partial charge in [0.1, 0.15) is 11.6 Å². The van der Waals surface area contributed by atoms with Gasteiger partial charge < -0.3 is 4.74 Å². The van der Waals surface area contributed by atoms with Crippen molar-refractivity contribution < 1.29 is 13.9 Å². The summed E-state index contributed by atoms with van der Waals surface area (Å²) < 4.78 is 19.7.